The number of rotatable bonds is 3. The maximum absolute atomic E-state index is 11.7. The summed E-state index contributed by atoms with van der Waals surface area (Å²) in [6.07, 6.45) is 4.08. The zero-order valence-electron chi connectivity index (χ0n) is 9.11. The predicted octanol–water partition coefficient (Wildman–Crippen LogP) is 1.64. The molecule has 2 aromatic heterocycles. The van der Waals surface area contributed by atoms with Crippen LogP contribution in [0.3, 0.4) is 0 Å². The summed E-state index contributed by atoms with van der Waals surface area (Å²) in [5.41, 5.74) is 0.307. The first-order chi connectivity index (χ1) is 8.66. The lowest BCUT2D eigenvalue weighted by molar-refractivity contribution is -0.385. The quantitative estimate of drug-likeness (QED) is 0.653. The van der Waals surface area contributed by atoms with Gasteiger partial charge in [-0.05, 0) is 18.2 Å². The zero-order valence-corrected chi connectivity index (χ0v) is 9.11. The standard InChI is InChI=1S/C11H8N4O3/c16-11(8-3-5-12-6-4-8)14-10-2-1-9(7-13-10)15(17)18/h1-7H,(H,13,14,16). The molecule has 18 heavy (non-hydrogen) atoms. The minimum atomic E-state index is -0.554. The van der Waals surface area contributed by atoms with Crippen LogP contribution in [0.2, 0.25) is 0 Å². The minimum absolute atomic E-state index is 0.128. The summed E-state index contributed by atoms with van der Waals surface area (Å²) in [7, 11) is 0. The highest BCUT2D eigenvalue weighted by molar-refractivity contribution is 6.03. The van der Waals surface area contributed by atoms with Crippen molar-refractivity contribution < 1.29 is 9.72 Å². The highest BCUT2D eigenvalue weighted by atomic mass is 16.6. The van der Waals surface area contributed by atoms with Gasteiger partial charge >= 0.3 is 0 Å². The number of nitrogens with zero attached hydrogens (tertiary/aromatic N) is 3. The molecule has 1 N–H and O–H groups in total. The number of nitrogens with one attached hydrogen (secondary N) is 1. The van der Waals surface area contributed by atoms with Crippen molar-refractivity contribution in [3.05, 3.63) is 58.5 Å². The molecule has 0 spiro atoms. The molecule has 0 unspecified atom stereocenters. The SMILES string of the molecule is O=C(Nc1ccc([N+](=O)[O-])cn1)c1ccncc1. The molecular formula is C11H8N4O3. The van der Waals surface area contributed by atoms with Gasteiger partial charge < -0.3 is 5.32 Å². The van der Waals surface area contributed by atoms with E-state index in [4.69, 9.17) is 0 Å². The number of nitro groups is 1. The van der Waals surface area contributed by atoms with Crippen LogP contribution >= 0.6 is 0 Å². The van der Waals surface area contributed by atoms with Crippen LogP contribution in [0.25, 0.3) is 0 Å². The number of hydrogen-bond donors (Lipinski definition) is 1. The van der Waals surface area contributed by atoms with Crippen molar-refractivity contribution in [2.24, 2.45) is 0 Å². The average molecular weight is 244 g/mol. The molecule has 90 valence electrons. The van der Waals surface area contributed by atoms with Crippen LogP contribution in [-0.2, 0) is 0 Å². The Labute approximate surface area is 102 Å². The number of hydrogen-bond acceptors (Lipinski definition) is 5. The van der Waals surface area contributed by atoms with E-state index < -0.39 is 4.92 Å². The van der Waals surface area contributed by atoms with Crippen molar-refractivity contribution in [2.75, 3.05) is 5.32 Å². The van der Waals surface area contributed by atoms with Gasteiger partial charge in [0, 0.05) is 24.0 Å². The van der Waals surface area contributed by atoms with Gasteiger partial charge in [-0.15, -0.1) is 0 Å². The summed E-state index contributed by atoms with van der Waals surface area (Å²) in [6.45, 7) is 0. The molecule has 0 saturated carbocycles. The first-order valence-corrected chi connectivity index (χ1v) is 4.98. The van der Waals surface area contributed by atoms with Gasteiger partial charge in [0.05, 0.1) is 4.92 Å². The fraction of sp³-hybridized carbons (Fsp3) is 0. The molecule has 0 aliphatic rings. The van der Waals surface area contributed by atoms with Gasteiger partial charge in [-0.25, -0.2) is 4.98 Å². The first kappa shape index (κ1) is 11.6. The van der Waals surface area contributed by atoms with Gasteiger partial charge in [0.15, 0.2) is 0 Å². The number of anilines is 1. The fourth-order valence-electron chi connectivity index (χ4n) is 1.26. The third-order valence-corrected chi connectivity index (χ3v) is 2.14. The normalized spacial score (nSPS) is 9.78. The molecule has 2 aromatic rings. The Morgan fingerprint density at radius 2 is 1.94 bits per heavy atom. The maximum Gasteiger partial charge on any atom is 0.287 e. The lowest BCUT2D eigenvalue weighted by Crippen LogP contribution is -2.12. The van der Waals surface area contributed by atoms with Gasteiger partial charge in [-0.1, -0.05) is 0 Å². The lowest BCUT2D eigenvalue weighted by Gasteiger charge is -2.03. The molecule has 1 amide bonds. The van der Waals surface area contributed by atoms with E-state index in [0.717, 1.165) is 6.20 Å². The lowest BCUT2D eigenvalue weighted by atomic mass is 10.2. The fourth-order valence-corrected chi connectivity index (χ4v) is 1.26. The second kappa shape index (κ2) is 5.00. The van der Waals surface area contributed by atoms with Crippen LogP contribution in [0, 0.1) is 10.1 Å². The molecular weight excluding hydrogens is 236 g/mol. The summed E-state index contributed by atoms with van der Waals surface area (Å²) in [5, 5.41) is 13.0. The van der Waals surface area contributed by atoms with Crippen LogP contribution in [-0.4, -0.2) is 20.8 Å². The van der Waals surface area contributed by atoms with Crippen molar-refractivity contribution in [1.29, 1.82) is 0 Å². The molecule has 0 radical (unpaired) electrons. The summed E-state index contributed by atoms with van der Waals surface area (Å²) < 4.78 is 0. The number of amides is 1. The van der Waals surface area contributed by atoms with Crippen LogP contribution < -0.4 is 5.32 Å². The number of aromatic nitrogens is 2. The third-order valence-electron chi connectivity index (χ3n) is 2.14. The highest BCUT2D eigenvalue weighted by Crippen LogP contribution is 2.12. The van der Waals surface area contributed by atoms with Crippen molar-refractivity contribution >= 4 is 17.4 Å². The van der Waals surface area contributed by atoms with Gasteiger partial charge in [0.2, 0.25) is 0 Å². The summed E-state index contributed by atoms with van der Waals surface area (Å²) >= 11 is 0. The molecule has 0 aliphatic carbocycles. The second-order valence-electron chi connectivity index (χ2n) is 3.35. The van der Waals surface area contributed by atoms with E-state index in [0.29, 0.717) is 5.56 Å². The Morgan fingerprint density at radius 3 is 2.50 bits per heavy atom. The van der Waals surface area contributed by atoms with Gasteiger partial charge in [0.1, 0.15) is 12.0 Å². The van der Waals surface area contributed by atoms with Crippen LogP contribution in [0.5, 0.6) is 0 Å². The van der Waals surface area contributed by atoms with Gasteiger partial charge in [-0.3, -0.25) is 19.9 Å². The highest BCUT2D eigenvalue weighted by Gasteiger charge is 2.08. The Bertz CT molecular complexity index is 569. The average Bonchev–Trinajstić information content (AvgIpc) is 2.40. The Morgan fingerprint density at radius 1 is 1.22 bits per heavy atom. The Kier molecular flexibility index (Phi) is 3.24. The molecule has 7 nitrogen and oxygen atoms in total. The van der Waals surface area contributed by atoms with Gasteiger partial charge in [-0.2, -0.15) is 0 Å². The van der Waals surface area contributed by atoms with Gasteiger partial charge in [0.25, 0.3) is 11.6 Å². The molecule has 0 fully saturated rings. The molecule has 0 aliphatic heterocycles. The molecule has 2 rings (SSSR count). The molecule has 2 heterocycles. The summed E-state index contributed by atoms with van der Waals surface area (Å²) in [5.74, 6) is -0.0961. The molecule has 0 saturated heterocycles. The number of pyridine rings is 2. The third kappa shape index (κ3) is 2.64. The van der Waals surface area contributed by atoms with Crippen molar-refractivity contribution in [1.82, 2.24) is 9.97 Å². The zero-order chi connectivity index (χ0) is 13.0. The van der Waals surface area contributed by atoms with E-state index in [1.807, 2.05) is 0 Å². The minimum Gasteiger partial charge on any atom is -0.307 e. The maximum atomic E-state index is 11.7. The monoisotopic (exact) mass is 244 g/mol. The topological polar surface area (TPSA) is 98.0 Å². The van der Waals surface area contributed by atoms with Crippen molar-refractivity contribution in [3.63, 3.8) is 0 Å². The van der Waals surface area contributed by atoms with E-state index in [1.165, 1.54) is 24.5 Å². The van der Waals surface area contributed by atoms with Crippen LogP contribution in [0.4, 0.5) is 11.5 Å². The molecule has 0 aromatic carbocycles. The second-order valence-corrected chi connectivity index (χ2v) is 3.35. The summed E-state index contributed by atoms with van der Waals surface area (Å²) in [4.78, 5) is 29.2. The van der Waals surface area contributed by atoms with E-state index in [-0.39, 0.29) is 17.4 Å². The smallest absolute Gasteiger partial charge is 0.287 e. The van der Waals surface area contributed by atoms with E-state index in [1.54, 1.807) is 12.1 Å². The Hall–Kier alpha value is -2.83. The Balaban J connectivity index is 2.10. The molecule has 7 heteroatoms. The number of carbonyl (C=O) groups excluding carboxylic acids is 1. The first-order valence-electron chi connectivity index (χ1n) is 4.98. The largest absolute Gasteiger partial charge is 0.307 e. The van der Waals surface area contributed by atoms with E-state index >= 15 is 0 Å². The van der Waals surface area contributed by atoms with Crippen LogP contribution in [0.15, 0.2) is 42.9 Å². The van der Waals surface area contributed by atoms with E-state index in [2.05, 4.69) is 15.3 Å². The predicted molar refractivity (Wildman–Crippen MR) is 63.1 cm³/mol. The van der Waals surface area contributed by atoms with Crippen LogP contribution in [0.1, 0.15) is 10.4 Å². The molecule has 0 bridgehead atoms. The van der Waals surface area contributed by atoms with E-state index in [9.17, 15) is 14.9 Å². The van der Waals surface area contributed by atoms with Crippen molar-refractivity contribution in [3.8, 4) is 0 Å². The molecule has 0 atom stereocenters. The number of carbonyl (C=O) groups is 1. The van der Waals surface area contributed by atoms with Crippen molar-refractivity contribution in [2.45, 2.75) is 0 Å². The summed E-state index contributed by atoms with van der Waals surface area (Å²) in [6, 6.07) is 5.76.